The fraction of sp³-hybridized carbons (Fsp3) is 0.591. The van der Waals surface area contributed by atoms with Crippen LogP contribution in [0, 0.1) is 11.8 Å². The van der Waals surface area contributed by atoms with Gasteiger partial charge in [-0.3, -0.25) is 9.59 Å². The lowest BCUT2D eigenvalue weighted by atomic mass is 9.84. The number of carbonyl (C=O) groups excluding carboxylic acids is 3. The van der Waals surface area contributed by atoms with Crippen molar-refractivity contribution >= 4 is 40.6 Å². The van der Waals surface area contributed by atoms with Gasteiger partial charge >= 0.3 is 12.1 Å². The molecule has 0 spiro atoms. The van der Waals surface area contributed by atoms with Crippen LogP contribution in [0.5, 0.6) is 0 Å². The Labute approximate surface area is 185 Å². The van der Waals surface area contributed by atoms with Gasteiger partial charge < -0.3 is 9.47 Å². The van der Waals surface area contributed by atoms with Gasteiger partial charge in [0.2, 0.25) is 5.91 Å². The van der Waals surface area contributed by atoms with Gasteiger partial charge in [-0.2, -0.15) is 0 Å². The van der Waals surface area contributed by atoms with Crippen molar-refractivity contribution in [2.75, 3.05) is 11.0 Å². The van der Waals surface area contributed by atoms with Crippen molar-refractivity contribution in [2.24, 2.45) is 11.8 Å². The van der Waals surface area contributed by atoms with Crippen LogP contribution >= 0.6 is 22.6 Å². The van der Waals surface area contributed by atoms with Crippen molar-refractivity contribution in [3.05, 3.63) is 35.9 Å². The molecule has 0 bridgehead atoms. The minimum atomic E-state index is -0.632. The number of esters is 1. The summed E-state index contributed by atoms with van der Waals surface area (Å²) in [7, 11) is 0. The van der Waals surface area contributed by atoms with Gasteiger partial charge in [0, 0.05) is 16.8 Å². The van der Waals surface area contributed by atoms with Crippen LogP contribution in [-0.4, -0.2) is 45.5 Å². The van der Waals surface area contributed by atoms with E-state index in [0.717, 1.165) is 12.0 Å². The molecule has 2 aliphatic heterocycles. The maximum absolute atomic E-state index is 13.3. The van der Waals surface area contributed by atoms with Gasteiger partial charge in [-0.1, -0.05) is 66.8 Å². The van der Waals surface area contributed by atoms with Crippen LogP contribution in [0.3, 0.4) is 0 Å². The number of halogens is 1. The van der Waals surface area contributed by atoms with Gasteiger partial charge in [-0.15, -0.1) is 0 Å². The standard InChI is InChI=1S/C22H28INO5/c1-3-16(11-22(14-23)12-17(4-2)20(26)29-22)19(25)24-18(13-28-21(24)27)10-15-8-6-5-7-9-15/h5-9,16-18H,3-4,10-14H2,1-2H3/t16-,17-,18+,22+/m1/s1. The Balaban J connectivity index is 1.75. The van der Waals surface area contributed by atoms with Crippen LogP contribution in [0.25, 0.3) is 0 Å². The Bertz CT molecular complexity index is 755. The molecule has 158 valence electrons. The van der Waals surface area contributed by atoms with E-state index >= 15 is 0 Å². The van der Waals surface area contributed by atoms with E-state index in [1.165, 1.54) is 4.90 Å². The van der Waals surface area contributed by atoms with Gasteiger partial charge in [0.1, 0.15) is 12.2 Å². The molecule has 2 fully saturated rings. The van der Waals surface area contributed by atoms with Gasteiger partial charge in [-0.25, -0.2) is 9.69 Å². The third-order valence-electron chi connectivity index (χ3n) is 5.98. The summed E-state index contributed by atoms with van der Waals surface area (Å²) in [5, 5.41) is 0. The Kier molecular flexibility index (Phi) is 7.19. The number of cyclic esters (lactones) is 2. The summed E-state index contributed by atoms with van der Waals surface area (Å²) in [4.78, 5) is 39.2. The number of ether oxygens (including phenoxy) is 2. The van der Waals surface area contributed by atoms with Crippen molar-refractivity contribution in [3.63, 3.8) is 0 Å². The second-order valence-corrected chi connectivity index (χ2v) is 8.75. The molecular weight excluding hydrogens is 485 g/mol. The molecule has 0 aromatic heterocycles. The third kappa shape index (κ3) is 4.75. The number of nitrogens with zero attached hydrogens (tertiary/aromatic N) is 1. The van der Waals surface area contributed by atoms with E-state index in [4.69, 9.17) is 9.47 Å². The predicted molar refractivity (Wildman–Crippen MR) is 117 cm³/mol. The lowest BCUT2D eigenvalue weighted by molar-refractivity contribution is -0.152. The van der Waals surface area contributed by atoms with E-state index in [1.54, 1.807) is 0 Å². The maximum atomic E-state index is 13.3. The first kappa shape index (κ1) is 22.1. The molecule has 1 aromatic rings. The molecule has 6 nitrogen and oxygen atoms in total. The van der Waals surface area contributed by atoms with Crippen LogP contribution in [0.4, 0.5) is 4.79 Å². The van der Waals surface area contributed by atoms with E-state index in [2.05, 4.69) is 22.6 Å². The summed E-state index contributed by atoms with van der Waals surface area (Å²) >= 11 is 2.23. The first-order valence-electron chi connectivity index (χ1n) is 10.3. The zero-order chi connectivity index (χ0) is 21.0. The Hall–Kier alpha value is -1.64. The summed E-state index contributed by atoms with van der Waals surface area (Å²) in [5.74, 6) is -0.901. The predicted octanol–water partition coefficient (Wildman–Crippen LogP) is 4.14. The van der Waals surface area contributed by atoms with Gasteiger partial charge in [0.05, 0.1) is 12.0 Å². The summed E-state index contributed by atoms with van der Waals surface area (Å²) in [6, 6.07) is 9.48. The maximum Gasteiger partial charge on any atom is 0.416 e. The van der Waals surface area contributed by atoms with Crippen LogP contribution in [0.15, 0.2) is 30.3 Å². The molecule has 0 saturated carbocycles. The highest BCUT2D eigenvalue weighted by molar-refractivity contribution is 14.1. The topological polar surface area (TPSA) is 72.9 Å². The number of hydrogen-bond acceptors (Lipinski definition) is 5. The summed E-state index contributed by atoms with van der Waals surface area (Å²) in [6.45, 7) is 4.12. The van der Waals surface area contributed by atoms with Crippen molar-refractivity contribution in [3.8, 4) is 0 Å². The first-order valence-corrected chi connectivity index (χ1v) is 11.8. The van der Waals surface area contributed by atoms with Gasteiger partial charge in [-0.05, 0) is 31.2 Å². The average Bonchev–Trinajstić information content (AvgIpc) is 3.26. The highest BCUT2D eigenvalue weighted by Crippen LogP contribution is 2.40. The monoisotopic (exact) mass is 513 g/mol. The van der Waals surface area contributed by atoms with Gasteiger partial charge in [0.15, 0.2) is 0 Å². The molecule has 2 heterocycles. The summed E-state index contributed by atoms with van der Waals surface area (Å²) in [6.07, 6.45) is 2.38. The number of carbonyl (C=O) groups is 3. The van der Waals surface area contributed by atoms with E-state index in [1.807, 2.05) is 44.2 Å². The molecule has 7 heteroatoms. The molecule has 1 aromatic carbocycles. The van der Waals surface area contributed by atoms with Crippen LogP contribution in [0.2, 0.25) is 0 Å². The lowest BCUT2D eigenvalue weighted by Crippen LogP contribution is -2.46. The summed E-state index contributed by atoms with van der Waals surface area (Å²) in [5.41, 5.74) is 0.425. The number of imide groups is 1. The second kappa shape index (κ2) is 9.45. The molecule has 2 amide bonds. The minimum Gasteiger partial charge on any atom is -0.458 e. The van der Waals surface area contributed by atoms with Crippen molar-refractivity contribution in [1.82, 2.24) is 4.90 Å². The smallest absolute Gasteiger partial charge is 0.416 e. The van der Waals surface area contributed by atoms with Crippen LogP contribution in [-0.2, 0) is 25.5 Å². The largest absolute Gasteiger partial charge is 0.458 e. The average molecular weight is 513 g/mol. The van der Waals surface area contributed by atoms with Gasteiger partial charge in [0.25, 0.3) is 0 Å². The Morgan fingerprint density at radius 1 is 1.28 bits per heavy atom. The number of rotatable bonds is 8. The minimum absolute atomic E-state index is 0.111. The van der Waals surface area contributed by atoms with Crippen LogP contribution < -0.4 is 0 Å². The number of alkyl halides is 1. The Morgan fingerprint density at radius 2 is 2.00 bits per heavy atom. The Morgan fingerprint density at radius 3 is 2.59 bits per heavy atom. The molecule has 2 saturated heterocycles. The fourth-order valence-corrected chi connectivity index (χ4v) is 5.04. The van der Waals surface area contributed by atoms with Crippen molar-refractivity contribution in [2.45, 2.75) is 57.6 Å². The molecule has 29 heavy (non-hydrogen) atoms. The van der Waals surface area contributed by atoms with Crippen molar-refractivity contribution in [1.29, 1.82) is 0 Å². The molecule has 0 N–H and O–H groups in total. The zero-order valence-corrected chi connectivity index (χ0v) is 19.1. The lowest BCUT2D eigenvalue weighted by Gasteiger charge is -2.31. The van der Waals surface area contributed by atoms with E-state index < -0.39 is 17.6 Å². The van der Waals surface area contributed by atoms with E-state index in [9.17, 15) is 14.4 Å². The molecule has 0 radical (unpaired) electrons. The fourth-order valence-electron chi connectivity index (χ4n) is 4.26. The first-order chi connectivity index (χ1) is 13.9. The molecule has 3 rings (SSSR count). The zero-order valence-electron chi connectivity index (χ0n) is 16.9. The number of amides is 2. The highest BCUT2D eigenvalue weighted by Gasteiger charge is 2.49. The molecule has 2 aliphatic rings. The van der Waals surface area contributed by atoms with E-state index in [0.29, 0.717) is 30.1 Å². The van der Waals surface area contributed by atoms with Crippen LogP contribution in [0.1, 0.15) is 45.1 Å². The third-order valence-corrected chi connectivity index (χ3v) is 7.37. The SMILES string of the molecule is CC[C@@H]1C[C@](CI)(C[C@@H](CC)C(=O)N2C(=O)OC[C@@H]2Cc2ccccc2)OC1=O. The molecule has 4 atom stereocenters. The molecule has 0 aliphatic carbocycles. The number of benzene rings is 1. The molecule has 0 unspecified atom stereocenters. The quantitative estimate of drug-likeness (QED) is 0.297. The highest BCUT2D eigenvalue weighted by atomic mass is 127. The number of hydrogen-bond donors (Lipinski definition) is 0. The normalized spacial score (nSPS) is 27.6. The van der Waals surface area contributed by atoms with E-state index in [-0.39, 0.29) is 30.4 Å². The van der Waals surface area contributed by atoms with Crippen molar-refractivity contribution < 1.29 is 23.9 Å². The second-order valence-electron chi connectivity index (χ2n) is 7.99. The summed E-state index contributed by atoms with van der Waals surface area (Å²) < 4.78 is 11.6. The molecular formula is C22H28INO5.